The second kappa shape index (κ2) is 52.7. The third-order valence-electron chi connectivity index (χ3n) is 12.1. The maximum Gasteiger partial charge on any atom is 0.306 e. The summed E-state index contributed by atoms with van der Waals surface area (Å²) in [6.07, 6.45) is 70.3. The van der Waals surface area contributed by atoms with E-state index in [1.54, 1.807) is 0 Å². The lowest BCUT2D eigenvalue weighted by atomic mass is 10.0. The number of allylic oxidation sites excluding steroid dienone is 16. The Morgan fingerprint density at radius 3 is 1.27 bits per heavy atom. The lowest BCUT2D eigenvalue weighted by Gasteiger charge is -2.24. The quantitative estimate of drug-likeness (QED) is 0.0321. The maximum absolute atomic E-state index is 13.2. The number of nitrogens with one attached hydrogen (secondary N) is 1. The summed E-state index contributed by atoms with van der Waals surface area (Å²) in [4.78, 5) is 26.2. The summed E-state index contributed by atoms with van der Waals surface area (Å²) in [7, 11) is 0. The Balaban J connectivity index is 4.73. The fourth-order valence-corrected chi connectivity index (χ4v) is 7.92. The highest BCUT2D eigenvalue weighted by Gasteiger charge is 2.24. The van der Waals surface area contributed by atoms with Crippen molar-refractivity contribution in [3.63, 3.8) is 0 Å². The van der Waals surface area contributed by atoms with E-state index in [-0.39, 0.29) is 24.9 Å². The highest BCUT2D eigenvalue weighted by molar-refractivity contribution is 5.77. The summed E-state index contributed by atoms with van der Waals surface area (Å²) in [6, 6.07) is -0.726. The molecular weight excluding hydrogens is 815 g/mol. The molecule has 6 nitrogen and oxygen atoms in total. The smallest absolute Gasteiger partial charge is 0.306 e. The van der Waals surface area contributed by atoms with Gasteiger partial charge in [0.2, 0.25) is 5.91 Å². The number of carbonyl (C=O) groups is 2. The highest BCUT2D eigenvalue weighted by atomic mass is 16.5. The highest BCUT2D eigenvalue weighted by Crippen LogP contribution is 2.17. The Bertz CT molecular complexity index is 1310. The van der Waals surface area contributed by atoms with Crippen molar-refractivity contribution in [2.24, 2.45) is 0 Å². The number of hydrogen-bond donors (Lipinski definition) is 3. The number of amides is 1. The number of hydrogen-bond acceptors (Lipinski definition) is 5. The van der Waals surface area contributed by atoms with Crippen LogP contribution in [-0.2, 0) is 14.3 Å². The first kappa shape index (κ1) is 62.8. The van der Waals surface area contributed by atoms with Crippen molar-refractivity contribution < 1.29 is 24.5 Å². The topological polar surface area (TPSA) is 95.9 Å². The third-order valence-corrected chi connectivity index (χ3v) is 12.1. The van der Waals surface area contributed by atoms with Crippen LogP contribution in [0.25, 0.3) is 0 Å². The van der Waals surface area contributed by atoms with E-state index in [2.05, 4.69) is 68.6 Å². The van der Waals surface area contributed by atoms with E-state index in [9.17, 15) is 19.8 Å². The van der Waals surface area contributed by atoms with Gasteiger partial charge in [0.25, 0.3) is 0 Å². The van der Waals surface area contributed by atoms with Crippen LogP contribution >= 0.6 is 0 Å². The first-order valence-corrected chi connectivity index (χ1v) is 27.6. The molecule has 3 atom stereocenters. The molecule has 3 N–H and O–H groups in total. The summed E-state index contributed by atoms with van der Waals surface area (Å²) >= 11 is 0. The van der Waals surface area contributed by atoms with Gasteiger partial charge in [0.05, 0.1) is 25.2 Å². The van der Waals surface area contributed by atoms with E-state index in [4.69, 9.17) is 4.74 Å². The second-order valence-corrected chi connectivity index (χ2v) is 18.4. The van der Waals surface area contributed by atoms with Crippen LogP contribution in [-0.4, -0.2) is 46.9 Å². The van der Waals surface area contributed by atoms with Gasteiger partial charge in [-0.2, -0.15) is 0 Å². The number of esters is 1. The maximum atomic E-state index is 13.2. The summed E-state index contributed by atoms with van der Waals surface area (Å²) in [5.74, 6) is -0.554. The first-order chi connectivity index (χ1) is 32.5. The van der Waals surface area contributed by atoms with Crippen LogP contribution in [0.3, 0.4) is 0 Å². The predicted molar refractivity (Wildman–Crippen MR) is 287 cm³/mol. The van der Waals surface area contributed by atoms with Gasteiger partial charge in [-0.3, -0.25) is 9.59 Å². The van der Waals surface area contributed by atoms with Crippen molar-refractivity contribution in [2.75, 3.05) is 6.61 Å². The SMILES string of the molecule is CC\C=C/C=C/C=C/C=C\C=C\C=C\CCCCCC(=O)OC(CCCCC/C=C/C=C/CCCCCCCCC)CC(=O)NC(CO)C(O)CCCCCCCCCCCCCCCC. The van der Waals surface area contributed by atoms with E-state index >= 15 is 0 Å². The molecule has 0 aliphatic rings. The Labute approximate surface area is 407 Å². The zero-order valence-corrected chi connectivity index (χ0v) is 43.0. The van der Waals surface area contributed by atoms with Crippen molar-refractivity contribution in [2.45, 2.75) is 264 Å². The lowest BCUT2D eigenvalue weighted by molar-refractivity contribution is -0.151. The number of ether oxygens (including phenoxy) is 1. The summed E-state index contributed by atoms with van der Waals surface area (Å²) in [6.45, 7) is 6.32. The number of unbranched alkanes of at least 4 members (excludes halogenated alkanes) is 26. The lowest BCUT2D eigenvalue weighted by Crippen LogP contribution is -2.46. The molecule has 0 aromatic heterocycles. The normalized spacial score (nSPS) is 14.0. The van der Waals surface area contributed by atoms with Gasteiger partial charge in [0.15, 0.2) is 0 Å². The van der Waals surface area contributed by atoms with Crippen LogP contribution in [0.15, 0.2) is 97.2 Å². The largest absolute Gasteiger partial charge is 0.462 e. The van der Waals surface area contributed by atoms with Gasteiger partial charge < -0.3 is 20.3 Å². The van der Waals surface area contributed by atoms with Gasteiger partial charge in [-0.1, -0.05) is 259 Å². The van der Waals surface area contributed by atoms with Crippen LogP contribution < -0.4 is 5.32 Å². The molecule has 0 aliphatic heterocycles. The monoisotopic (exact) mass is 918 g/mol. The van der Waals surface area contributed by atoms with Gasteiger partial charge in [-0.25, -0.2) is 0 Å². The van der Waals surface area contributed by atoms with Crippen molar-refractivity contribution in [3.05, 3.63) is 97.2 Å². The summed E-state index contributed by atoms with van der Waals surface area (Å²) in [5, 5.41) is 23.8. The Kier molecular flexibility index (Phi) is 50.2. The number of rotatable bonds is 48. The average molecular weight is 918 g/mol. The van der Waals surface area contributed by atoms with Crippen LogP contribution in [0, 0.1) is 0 Å². The van der Waals surface area contributed by atoms with Crippen molar-refractivity contribution in [1.82, 2.24) is 5.32 Å². The molecule has 6 heteroatoms. The van der Waals surface area contributed by atoms with E-state index in [1.165, 1.54) is 116 Å². The standard InChI is InChI=1S/C60H103NO5/c1-4-7-10-13-16-19-22-25-28-30-32-35-38-41-44-47-50-53-60(65)66-56(51-48-45-42-39-36-33-31-29-26-23-20-17-14-11-8-5-2)54-59(64)61-57(55-62)58(63)52-49-46-43-40-37-34-27-24-21-18-15-12-9-6-3/h7,10,13,16,19,22,25,28-33,35-36,38,56-58,62-63H,4-6,8-9,11-12,14-15,17-18,20-21,23-24,26-27,34,37,39-55H2,1-3H3,(H,61,64)/b10-7-,16-13+,22-19+,28-25-,31-29+,32-30+,36-33+,38-35+. The van der Waals surface area contributed by atoms with E-state index < -0.39 is 18.2 Å². The third kappa shape index (κ3) is 47.3. The fraction of sp³-hybridized carbons (Fsp3) is 0.700. The minimum absolute atomic E-state index is 0.0364. The molecule has 0 fully saturated rings. The van der Waals surface area contributed by atoms with Gasteiger partial charge in [0.1, 0.15) is 6.10 Å². The Morgan fingerprint density at radius 1 is 0.455 bits per heavy atom. The fourth-order valence-electron chi connectivity index (χ4n) is 7.92. The zero-order valence-electron chi connectivity index (χ0n) is 43.0. The number of aliphatic hydroxyl groups excluding tert-OH is 2. The van der Waals surface area contributed by atoms with Crippen molar-refractivity contribution in [3.8, 4) is 0 Å². The van der Waals surface area contributed by atoms with Gasteiger partial charge in [0, 0.05) is 6.42 Å². The molecule has 378 valence electrons. The first-order valence-electron chi connectivity index (χ1n) is 27.6. The van der Waals surface area contributed by atoms with Gasteiger partial charge in [-0.15, -0.1) is 0 Å². The van der Waals surface area contributed by atoms with E-state index in [0.717, 1.165) is 83.5 Å². The molecule has 0 radical (unpaired) electrons. The van der Waals surface area contributed by atoms with Crippen LogP contribution in [0.2, 0.25) is 0 Å². The molecule has 3 unspecified atom stereocenters. The summed E-state index contributed by atoms with van der Waals surface area (Å²) in [5.41, 5.74) is 0. The molecule has 1 amide bonds. The van der Waals surface area contributed by atoms with Gasteiger partial charge in [-0.05, 0) is 70.6 Å². The second-order valence-electron chi connectivity index (χ2n) is 18.4. The van der Waals surface area contributed by atoms with E-state index in [0.29, 0.717) is 19.3 Å². The molecule has 0 aromatic rings. The molecule has 0 rings (SSSR count). The van der Waals surface area contributed by atoms with Crippen LogP contribution in [0.5, 0.6) is 0 Å². The van der Waals surface area contributed by atoms with Crippen LogP contribution in [0.4, 0.5) is 0 Å². The van der Waals surface area contributed by atoms with Crippen LogP contribution in [0.1, 0.15) is 245 Å². The van der Waals surface area contributed by atoms with Crippen molar-refractivity contribution >= 4 is 11.9 Å². The molecule has 0 spiro atoms. The molecule has 0 heterocycles. The van der Waals surface area contributed by atoms with E-state index in [1.807, 2.05) is 54.7 Å². The Morgan fingerprint density at radius 2 is 0.818 bits per heavy atom. The molecule has 66 heavy (non-hydrogen) atoms. The molecule has 0 aromatic carbocycles. The van der Waals surface area contributed by atoms with Crippen molar-refractivity contribution in [1.29, 1.82) is 0 Å². The molecule has 0 bridgehead atoms. The Hall–Kier alpha value is -3.22. The molecule has 0 saturated carbocycles. The minimum atomic E-state index is -0.809. The predicted octanol–water partition coefficient (Wildman–Crippen LogP) is 16.9. The molecule has 0 saturated heterocycles. The van der Waals surface area contributed by atoms with Gasteiger partial charge >= 0.3 is 5.97 Å². The molecule has 0 aliphatic carbocycles. The number of carbonyl (C=O) groups excluding carboxylic acids is 2. The number of aliphatic hydroxyl groups is 2. The minimum Gasteiger partial charge on any atom is -0.462 e. The molecular formula is C60H103NO5. The summed E-state index contributed by atoms with van der Waals surface area (Å²) < 4.78 is 5.92. The zero-order chi connectivity index (χ0) is 48.1. The average Bonchev–Trinajstić information content (AvgIpc) is 3.31.